The molecule has 0 unspecified atom stereocenters. The molecular formula is C54H37N. The van der Waals surface area contributed by atoms with Crippen LogP contribution in [-0.4, -0.2) is 4.98 Å². The molecule has 2 aliphatic rings. The van der Waals surface area contributed by atoms with Crippen LogP contribution in [0.4, 0.5) is 0 Å². The second-order valence-electron chi connectivity index (χ2n) is 15.2. The number of pyridine rings is 1. The van der Waals surface area contributed by atoms with Gasteiger partial charge in [-0.15, -0.1) is 0 Å². The lowest BCUT2D eigenvalue weighted by Crippen LogP contribution is -2.25. The second-order valence-corrected chi connectivity index (χ2v) is 15.2. The third-order valence-electron chi connectivity index (χ3n) is 12.1. The van der Waals surface area contributed by atoms with Crippen LogP contribution >= 0.6 is 0 Å². The Morgan fingerprint density at radius 2 is 0.855 bits per heavy atom. The van der Waals surface area contributed by atoms with Gasteiger partial charge in [0.1, 0.15) is 0 Å². The Hall–Kier alpha value is -6.83. The Balaban J connectivity index is 1.02. The van der Waals surface area contributed by atoms with Crippen LogP contribution in [0.1, 0.15) is 22.3 Å². The van der Waals surface area contributed by atoms with Gasteiger partial charge in [0.15, 0.2) is 0 Å². The van der Waals surface area contributed by atoms with E-state index in [1.807, 2.05) is 0 Å². The van der Waals surface area contributed by atoms with Crippen LogP contribution in [0, 0.1) is 0 Å². The van der Waals surface area contributed by atoms with E-state index in [-0.39, 0.29) is 5.41 Å². The van der Waals surface area contributed by atoms with E-state index >= 15 is 0 Å². The standard InChI is InChI=1S/C54H37N/c1-3-13-36(14-4-1)38-19-11-20-39(29-38)40-21-12-22-41(30-40)42-26-28-52-49(31-42)48(37-15-5-2-6-16-37)33-53(55-52)43-25-27-47-46-23-9-10-24-50(46)54(51(47)32-43)34-44-17-7-8-18-45(44)35-54/h1-33H,34-35H2. The maximum absolute atomic E-state index is 5.40. The first-order valence-electron chi connectivity index (χ1n) is 19.3. The summed E-state index contributed by atoms with van der Waals surface area (Å²) in [6.07, 6.45) is 2.05. The zero-order valence-electron chi connectivity index (χ0n) is 30.4. The first-order chi connectivity index (χ1) is 27.2. The number of nitrogens with zero attached hydrogens (tertiary/aromatic N) is 1. The zero-order valence-corrected chi connectivity index (χ0v) is 30.4. The van der Waals surface area contributed by atoms with E-state index in [0.29, 0.717) is 0 Å². The highest BCUT2D eigenvalue weighted by Crippen LogP contribution is 2.56. The van der Waals surface area contributed by atoms with E-state index in [2.05, 4.69) is 200 Å². The molecule has 0 radical (unpaired) electrons. The van der Waals surface area contributed by atoms with Gasteiger partial charge < -0.3 is 0 Å². The molecule has 0 N–H and O–H groups in total. The smallest absolute Gasteiger partial charge is 0.0716 e. The summed E-state index contributed by atoms with van der Waals surface area (Å²) in [5.74, 6) is 0. The fraction of sp³-hybridized carbons (Fsp3) is 0.0556. The highest BCUT2D eigenvalue weighted by molar-refractivity contribution is 5.99. The molecule has 0 saturated heterocycles. The number of hydrogen-bond acceptors (Lipinski definition) is 1. The average molecular weight is 700 g/mol. The number of benzene rings is 8. The molecule has 258 valence electrons. The van der Waals surface area contributed by atoms with Crippen molar-refractivity contribution in [2.45, 2.75) is 18.3 Å². The van der Waals surface area contributed by atoms with Gasteiger partial charge in [-0.3, -0.25) is 0 Å². The van der Waals surface area contributed by atoms with E-state index in [9.17, 15) is 0 Å². The van der Waals surface area contributed by atoms with E-state index < -0.39 is 0 Å². The summed E-state index contributed by atoms with van der Waals surface area (Å²) in [7, 11) is 0. The molecule has 11 rings (SSSR count). The van der Waals surface area contributed by atoms with Crippen LogP contribution in [0.3, 0.4) is 0 Å². The predicted molar refractivity (Wildman–Crippen MR) is 229 cm³/mol. The van der Waals surface area contributed by atoms with Gasteiger partial charge in [-0.2, -0.15) is 0 Å². The van der Waals surface area contributed by atoms with Crippen molar-refractivity contribution in [3.63, 3.8) is 0 Å². The summed E-state index contributed by atoms with van der Waals surface area (Å²) in [5, 5.41) is 1.15. The van der Waals surface area contributed by atoms with E-state index in [4.69, 9.17) is 4.98 Å². The predicted octanol–water partition coefficient (Wildman–Crippen LogP) is 13.6. The summed E-state index contributed by atoms with van der Waals surface area (Å²) < 4.78 is 0. The lowest BCUT2D eigenvalue weighted by atomic mass is 9.75. The van der Waals surface area contributed by atoms with E-state index in [0.717, 1.165) is 35.0 Å². The van der Waals surface area contributed by atoms with Crippen LogP contribution < -0.4 is 0 Å². The van der Waals surface area contributed by atoms with Crippen molar-refractivity contribution in [1.82, 2.24) is 4.98 Å². The minimum Gasteiger partial charge on any atom is -0.248 e. The summed E-state index contributed by atoms with van der Waals surface area (Å²) >= 11 is 0. The lowest BCUT2D eigenvalue weighted by molar-refractivity contribution is 0.564. The normalized spacial score (nSPS) is 13.5. The van der Waals surface area contributed by atoms with Crippen molar-refractivity contribution < 1.29 is 0 Å². The maximum atomic E-state index is 5.40. The second kappa shape index (κ2) is 12.6. The highest BCUT2D eigenvalue weighted by atomic mass is 14.7. The van der Waals surface area contributed by atoms with Gasteiger partial charge in [-0.25, -0.2) is 4.98 Å². The first kappa shape index (κ1) is 31.7. The molecule has 0 amide bonds. The van der Waals surface area contributed by atoms with Gasteiger partial charge in [-0.05, 0) is 127 Å². The molecule has 2 aliphatic carbocycles. The third kappa shape index (κ3) is 5.27. The van der Waals surface area contributed by atoms with Crippen molar-refractivity contribution in [1.29, 1.82) is 0 Å². The van der Waals surface area contributed by atoms with Crippen molar-refractivity contribution in [3.05, 3.63) is 222 Å². The van der Waals surface area contributed by atoms with Crippen LogP contribution in [0.5, 0.6) is 0 Å². The molecule has 0 bridgehead atoms. The van der Waals surface area contributed by atoms with Gasteiger partial charge in [0.05, 0.1) is 11.2 Å². The van der Waals surface area contributed by atoms with Gasteiger partial charge in [-0.1, -0.05) is 164 Å². The summed E-state index contributed by atoms with van der Waals surface area (Å²) in [6.45, 7) is 0. The average Bonchev–Trinajstić information content (AvgIpc) is 3.79. The van der Waals surface area contributed by atoms with E-state index in [1.54, 1.807) is 0 Å². The molecule has 1 heterocycles. The SMILES string of the molecule is c1ccc(-c2cccc(-c3cccc(-c4ccc5nc(-c6ccc7c(c6)C6(Cc8ccccc8C6)c6ccccc6-7)cc(-c6ccccc6)c5c4)c3)c2)cc1. The minimum atomic E-state index is -0.0585. The van der Waals surface area contributed by atoms with Crippen LogP contribution in [-0.2, 0) is 18.3 Å². The van der Waals surface area contributed by atoms with Gasteiger partial charge >= 0.3 is 0 Å². The zero-order chi connectivity index (χ0) is 36.3. The minimum absolute atomic E-state index is 0.0585. The van der Waals surface area contributed by atoms with E-state index in [1.165, 1.54) is 77.9 Å². The Bertz CT molecular complexity index is 2900. The Kier molecular flexibility index (Phi) is 7.28. The molecule has 8 aromatic carbocycles. The molecule has 55 heavy (non-hydrogen) atoms. The Morgan fingerprint density at radius 3 is 1.55 bits per heavy atom. The summed E-state index contributed by atoms with van der Waals surface area (Å²) in [4.78, 5) is 5.40. The van der Waals surface area contributed by atoms with Gasteiger partial charge in [0.2, 0.25) is 0 Å². The summed E-state index contributed by atoms with van der Waals surface area (Å²) in [6, 6.07) is 73.4. The van der Waals surface area contributed by atoms with Crippen molar-refractivity contribution in [2.75, 3.05) is 0 Å². The largest absolute Gasteiger partial charge is 0.248 e. The fourth-order valence-corrected chi connectivity index (χ4v) is 9.41. The van der Waals surface area contributed by atoms with Crippen molar-refractivity contribution in [2.24, 2.45) is 0 Å². The molecule has 9 aromatic rings. The molecule has 0 saturated carbocycles. The van der Waals surface area contributed by atoms with Crippen LogP contribution in [0.2, 0.25) is 0 Å². The Labute approximate surface area is 322 Å². The molecule has 0 atom stereocenters. The Morgan fingerprint density at radius 1 is 0.327 bits per heavy atom. The molecule has 0 fully saturated rings. The number of hydrogen-bond donors (Lipinski definition) is 0. The van der Waals surface area contributed by atoms with Crippen LogP contribution in [0.15, 0.2) is 200 Å². The molecule has 1 nitrogen and oxygen atoms in total. The van der Waals surface area contributed by atoms with Crippen LogP contribution in [0.25, 0.3) is 77.8 Å². The maximum Gasteiger partial charge on any atom is 0.0716 e. The molecular weight excluding hydrogens is 663 g/mol. The topological polar surface area (TPSA) is 12.9 Å². The van der Waals surface area contributed by atoms with Crippen molar-refractivity contribution >= 4 is 10.9 Å². The summed E-state index contributed by atoms with van der Waals surface area (Å²) in [5.41, 5.74) is 21.3. The quantitative estimate of drug-likeness (QED) is 0.174. The van der Waals surface area contributed by atoms with Gasteiger partial charge in [0.25, 0.3) is 0 Å². The van der Waals surface area contributed by atoms with Crippen molar-refractivity contribution in [3.8, 4) is 66.9 Å². The molecule has 1 aromatic heterocycles. The fourth-order valence-electron chi connectivity index (χ4n) is 9.41. The molecule has 1 heteroatoms. The molecule has 0 aliphatic heterocycles. The van der Waals surface area contributed by atoms with Gasteiger partial charge in [0, 0.05) is 16.4 Å². The third-order valence-corrected chi connectivity index (χ3v) is 12.1. The number of fused-ring (bicyclic) bond motifs is 7. The monoisotopic (exact) mass is 699 g/mol. The lowest BCUT2D eigenvalue weighted by Gasteiger charge is -2.27. The number of rotatable bonds is 5. The molecule has 1 spiro atoms. The highest BCUT2D eigenvalue weighted by Gasteiger charge is 2.47. The first-order valence-corrected chi connectivity index (χ1v) is 19.3. The number of aromatic nitrogens is 1.